The van der Waals surface area contributed by atoms with E-state index in [1.165, 1.54) is 0 Å². The van der Waals surface area contributed by atoms with E-state index in [9.17, 15) is 0 Å². The van der Waals surface area contributed by atoms with E-state index in [4.69, 9.17) is 29.0 Å². The van der Waals surface area contributed by atoms with Crippen LogP contribution >= 0.6 is 50.5 Å². The highest BCUT2D eigenvalue weighted by Gasteiger charge is 2.21. The second kappa shape index (κ2) is 5.69. The average Bonchev–Trinajstić information content (AvgIpc) is 2.70. The molecule has 17 heavy (non-hydrogen) atoms. The van der Waals surface area contributed by atoms with Crippen LogP contribution in [0.15, 0.2) is 34.1 Å². The fourth-order valence-corrected chi connectivity index (χ4v) is 3.87. The first kappa shape index (κ1) is 13.3. The van der Waals surface area contributed by atoms with Gasteiger partial charge in [-0.1, -0.05) is 29.3 Å². The van der Waals surface area contributed by atoms with Crippen molar-refractivity contribution in [3.63, 3.8) is 0 Å². The molecule has 0 bridgehead atoms. The summed E-state index contributed by atoms with van der Waals surface area (Å²) >= 11 is 17.4. The summed E-state index contributed by atoms with van der Waals surface area (Å²) in [7, 11) is 0. The topological polar surface area (TPSA) is 38.0 Å². The number of thiophene rings is 1. The molecule has 0 aliphatic heterocycles. The molecule has 0 saturated heterocycles. The van der Waals surface area contributed by atoms with E-state index in [0.29, 0.717) is 10.0 Å². The van der Waals surface area contributed by atoms with Gasteiger partial charge in [-0.25, -0.2) is 5.43 Å². The van der Waals surface area contributed by atoms with E-state index >= 15 is 0 Å². The lowest BCUT2D eigenvalue weighted by molar-refractivity contribution is 0.645. The maximum atomic E-state index is 6.18. The Bertz CT molecular complexity index is 510. The predicted molar refractivity (Wildman–Crippen MR) is 77.6 cm³/mol. The molecular weight excluding hydrogens is 343 g/mol. The molecule has 2 rings (SSSR count). The van der Waals surface area contributed by atoms with Crippen LogP contribution in [0.5, 0.6) is 0 Å². The Kier molecular flexibility index (Phi) is 4.47. The van der Waals surface area contributed by atoms with Crippen LogP contribution in [0.25, 0.3) is 0 Å². The number of benzene rings is 1. The molecule has 0 radical (unpaired) electrons. The minimum Gasteiger partial charge on any atom is -0.271 e. The second-order valence-corrected chi connectivity index (χ2v) is 5.98. The lowest BCUT2D eigenvalue weighted by Gasteiger charge is -2.18. The van der Waals surface area contributed by atoms with Crippen molar-refractivity contribution in [3.05, 3.63) is 54.6 Å². The Labute approximate surface area is 122 Å². The Morgan fingerprint density at radius 2 is 1.88 bits per heavy atom. The van der Waals surface area contributed by atoms with Crippen molar-refractivity contribution in [1.29, 1.82) is 0 Å². The summed E-state index contributed by atoms with van der Waals surface area (Å²) in [5.74, 6) is 5.62. The van der Waals surface area contributed by atoms with Crippen molar-refractivity contribution in [3.8, 4) is 0 Å². The zero-order chi connectivity index (χ0) is 12.4. The highest BCUT2D eigenvalue weighted by Crippen LogP contribution is 2.38. The van der Waals surface area contributed by atoms with Gasteiger partial charge in [0.1, 0.15) is 0 Å². The van der Waals surface area contributed by atoms with Gasteiger partial charge < -0.3 is 0 Å². The van der Waals surface area contributed by atoms with Crippen LogP contribution in [0.4, 0.5) is 0 Å². The van der Waals surface area contributed by atoms with Crippen molar-refractivity contribution >= 4 is 50.5 Å². The third-order valence-corrected chi connectivity index (χ3v) is 4.96. The van der Waals surface area contributed by atoms with Gasteiger partial charge in [0.25, 0.3) is 0 Å². The van der Waals surface area contributed by atoms with Crippen molar-refractivity contribution in [2.75, 3.05) is 0 Å². The number of nitrogens with one attached hydrogen (secondary N) is 1. The summed E-state index contributed by atoms with van der Waals surface area (Å²) in [6.45, 7) is 0. The Hall–Kier alpha value is -0.100. The third-order valence-electron chi connectivity index (χ3n) is 2.36. The smallest absolute Gasteiger partial charge is 0.0842 e. The normalized spacial score (nSPS) is 12.7. The molecule has 0 saturated carbocycles. The number of nitrogens with two attached hydrogens (primary N) is 1. The van der Waals surface area contributed by atoms with Gasteiger partial charge in [0.05, 0.1) is 6.04 Å². The monoisotopic (exact) mass is 350 g/mol. The van der Waals surface area contributed by atoms with Gasteiger partial charge in [-0.2, -0.15) is 0 Å². The van der Waals surface area contributed by atoms with E-state index in [0.717, 1.165) is 14.9 Å². The molecule has 1 unspecified atom stereocenters. The maximum absolute atomic E-state index is 6.18. The van der Waals surface area contributed by atoms with Gasteiger partial charge in [0.2, 0.25) is 0 Å². The molecule has 1 heterocycles. The van der Waals surface area contributed by atoms with Crippen molar-refractivity contribution < 1.29 is 0 Å². The van der Waals surface area contributed by atoms with Crippen molar-refractivity contribution in [1.82, 2.24) is 5.43 Å². The summed E-state index contributed by atoms with van der Waals surface area (Å²) in [6, 6.07) is 7.16. The lowest BCUT2D eigenvalue weighted by Crippen LogP contribution is -2.28. The van der Waals surface area contributed by atoms with Crippen LogP contribution in [0.2, 0.25) is 10.0 Å². The quantitative estimate of drug-likeness (QED) is 0.636. The fourth-order valence-electron chi connectivity index (χ4n) is 1.59. The van der Waals surface area contributed by atoms with Crippen LogP contribution in [-0.4, -0.2) is 0 Å². The summed E-state index contributed by atoms with van der Waals surface area (Å²) in [6.07, 6.45) is 0. The van der Waals surface area contributed by atoms with Gasteiger partial charge >= 0.3 is 0 Å². The minimum absolute atomic E-state index is 0.217. The van der Waals surface area contributed by atoms with Crippen LogP contribution in [0.3, 0.4) is 0 Å². The molecular formula is C11H9BrCl2N2S. The van der Waals surface area contributed by atoms with Crippen LogP contribution in [-0.2, 0) is 0 Å². The highest BCUT2D eigenvalue weighted by molar-refractivity contribution is 9.10. The molecule has 6 heteroatoms. The summed E-state index contributed by atoms with van der Waals surface area (Å²) in [5, 5.41) is 3.18. The molecule has 90 valence electrons. The molecule has 1 atom stereocenters. The molecule has 3 N–H and O–H groups in total. The number of hydrogen-bond acceptors (Lipinski definition) is 3. The zero-order valence-electron chi connectivity index (χ0n) is 8.58. The Morgan fingerprint density at radius 3 is 2.35 bits per heavy atom. The molecule has 0 amide bonds. The molecule has 1 aromatic heterocycles. The lowest BCUT2D eigenvalue weighted by atomic mass is 10.1. The predicted octanol–water partition coefficient (Wildman–Crippen LogP) is 4.37. The molecule has 1 aromatic carbocycles. The molecule has 2 aromatic rings. The maximum Gasteiger partial charge on any atom is 0.0842 e. The first-order valence-electron chi connectivity index (χ1n) is 4.78. The van der Waals surface area contributed by atoms with E-state index in [1.54, 1.807) is 23.5 Å². The van der Waals surface area contributed by atoms with E-state index in [2.05, 4.69) is 21.4 Å². The van der Waals surface area contributed by atoms with Crippen molar-refractivity contribution in [2.24, 2.45) is 5.84 Å². The van der Waals surface area contributed by atoms with Gasteiger partial charge in [-0.05, 0) is 39.5 Å². The minimum atomic E-state index is -0.217. The summed E-state index contributed by atoms with van der Waals surface area (Å²) in [5.41, 5.74) is 3.55. The van der Waals surface area contributed by atoms with Crippen LogP contribution in [0, 0.1) is 0 Å². The largest absolute Gasteiger partial charge is 0.271 e. The third kappa shape index (κ3) is 2.67. The zero-order valence-corrected chi connectivity index (χ0v) is 12.5. The van der Waals surface area contributed by atoms with E-state index in [1.807, 2.05) is 17.5 Å². The number of rotatable bonds is 3. The van der Waals surface area contributed by atoms with E-state index < -0.39 is 0 Å². The number of halogens is 3. The van der Waals surface area contributed by atoms with Gasteiger partial charge in [0.15, 0.2) is 0 Å². The Balaban J connectivity index is 2.53. The molecule has 0 spiro atoms. The Morgan fingerprint density at radius 1 is 1.24 bits per heavy atom. The first-order chi connectivity index (χ1) is 8.15. The standard InChI is InChI=1S/C11H9BrCl2N2S/c12-6-4-5-17-11(6)10(16-15)9-7(13)2-1-3-8(9)14/h1-5,10,16H,15H2. The van der Waals surface area contributed by atoms with Crippen molar-refractivity contribution in [2.45, 2.75) is 6.04 Å². The molecule has 0 aliphatic carbocycles. The first-order valence-corrected chi connectivity index (χ1v) is 7.21. The average molecular weight is 352 g/mol. The molecule has 2 nitrogen and oxygen atoms in total. The molecule has 0 aliphatic rings. The van der Waals surface area contributed by atoms with Gasteiger partial charge in [-0.3, -0.25) is 5.84 Å². The summed E-state index contributed by atoms with van der Waals surface area (Å²) < 4.78 is 0.987. The van der Waals surface area contributed by atoms with Crippen LogP contribution < -0.4 is 11.3 Å². The fraction of sp³-hybridized carbons (Fsp3) is 0.0909. The number of hydrazine groups is 1. The van der Waals surface area contributed by atoms with Crippen LogP contribution in [0.1, 0.15) is 16.5 Å². The SMILES string of the molecule is NNC(c1sccc1Br)c1c(Cl)cccc1Cl. The summed E-state index contributed by atoms with van der Waals surface area (Å²) in [4.78, 5) is 1.04. The molecule has 0 fully saturated rings. The van der Waals surface area contributed by atoms with Gasteiger partial charge in [0, 0.05) is 25.0 Å². The van der Waals surface area contributed by atoms with Gasteiger partial charge in [-0.15, -0.1) is 11.3 Å². The van der Waals surface area contributed by atoms with E-state index in [-0.39, 0.29) is 6.04 Å². The highest BCUT2D eigenvalue weighted by atomic mass is 79.9. The second-order valence-electron chi connectivity index (χ2n) is 3.37. The number of hydrogen-bond donors (Lipinski definition) is 2.